The maximum Gasteiger partial charge on any atom is 0.326 e. The van der Waals surface area contributed by atoms with E-state index in [1.54, 1.807) is 24.3 Å². The number of imidazole rings is 1. The Labute approximate surface area is 125 Å². The summed E-state index contributed by atoms with van der Waals surface area (Å²) < 4.78 is 0. The zero-order chi connectivity index (χ0) is 15.2. The van der Waals surface area contributed by atoms with Crippen molar-refractivity contribution in [2.75, 3.05) is 5.32 Å². The lowest BCUT2D eigenvalue weighted by atomic mass is 10.2. The van der Waals surface area contributed by atoms with Crippen LogP contribution in [0.2, 0.25) is 5.02 Å². The number of carbonyl (C=O) groups excluding carboxylic acids is 1. The van der Waals surface area contributed by atoms with Crippen LogP contribution in [0.5, 0.6) is 0 Å². The minimum atomic E-state index is -1.13. The van der Waals surface area contributed by atoms with E-state index in [1.165, 1.54) is 12.5 Å². The molecule has 0 aliphatic rings. The first-order valence-corrected chi connectivity index (χ1v) is 6.45. The van der Waals surface area contributed by atoms with Crippen LogP contribution < -0.4 is 10.6 Å². The average molecular weight is 309 g/mol. The highest BCUT2D eigenvalue weighted by Crippen LogP contribution is 2.13. The van der Waals surface area contributed by atoms with Gasteiger partial charge in [0.2, 0.25) is 0 Å². The third kappa shape index (κ3) is 4.50. The number of anilines is 1. The number of nitrogens with zero attached hydrogens (tertiary/aromatic N) is 1. The molecule has 8 heteroatoms. The lowest BCUT2D eigenvalue weighted by Crippen LogP contribution is -2.44. The molecule has 0 saturated heterocycles. The standard InChI is InChI=1S/C13H13ClN4O3/c14-8-1-3-9(4-2-8)17-13(21)18-11(12(19)20)5-10-6-15-7-16-10/h1-4,6-7,11H,5H2,(H,15,16)(H,19,20)(H2,17,18,21)/t11-/m0/s1. The van der Waals surface area contributed by atoms with E-state index in [0.29, 0.717) is 16.4 Å². The number of benzene rings is 1. The molecule has 0 saturated carbocycles. The summed E-state index contributed by atoms with van der Waals surface area (Å²) in [5.41, 5.74) is 1.14. The van der Waals surface area contributed by atoms with Crippen LogP contribution in [0.1, 0.15) is 5.69 Å². The van der Waals surface area contributed by atoms with Gasteiger partial charge in [-0.05, 0) is 24.3 Å². The summed E-state index contributed by atoms with van der Waals surface area (Å²) >= 11 is 5.74. The number of aromatic amines is 1. The Kier molecular flexibility index (Phi) is 4.78. The quantitative estimate of drug-likeness (QED) is 0.676. The number of hydrogen-bond acceptors (Lipinski definition) is 3. The number of aromatic nitrogens is 2. The zero-order valence-corrected chi connectivity index (χ0v) is 11.6. The summed E-state index contributed by atoms with van der Waals surface area (Å²) in [6, 6.07) is 4.81. The fraction of sp³-hybridized carbons (Fsp3) is 0.154. The molecule has 4 N–H and O–H groups in total. The third-order valence-electron chi connectivity index (χ3n) is 2.68. The van der Waals surface area contributed by atoms with Crippen molar-refractivity contribution in [1.29, 1.82) is 0 Å². The van der Waals surface area contributed by atoms with E-state index in [9.17, 15) is 9.59 Å². The van der Waals surface area contributed by atoms with E-state index in [1.807, 2.05) is 0 Å². The monoisotopic (exact) mass is 308 g/mol. The Hall–Kier alpha value is -2.54. The van der Waals surface area contributed by atoms with Gasteiger partial charge in [-0.15, -0.1) is 0 Å². The molecule has 0 aliphatic carbocycles. The van der Waals surface area contributed by atoms with Gasteiger partial charge in [-0.3, -0.25) is 0 Å². The molecule has 0 spiro atoms. The number of carboxylic acid groups (broad SMARTS) is 1. The molecular formula is C13H13ClN4O3. The lowest BCUT2D eigenvalue weighted by Gasteiger charge is -2.14. The second kappa shape index (κ2) is 6.76. The summed E-state index contributed by atoms with van der Waals surface area (Å²) in [4.78, 5) is 29.6. The molecular weight excluding hydrogens is 296 g/mol. The molecule has 0 unspecified atom stereocenters. The van der Waals surface area contributed by atoms with E-state index in [4.69, 9.17) is 16.7 Å². The van der Waals surface area contributed by atoms with Crippen molar-refractivity contribution in [1.82, 2.24) is 15.3 Å². The molecule has 1 heterocycles. The van der Waals surface area contributed by atoms with Crippen LogP contribution in [0.4, 0.5) is 10.5 Å². The first-order chi connectivity index (χ1) is 10.0. The summed E-state index contributed by atoms with van der Waals surface area (Å²) in [6.07, 6.45) is 3.07. The minimum absolute atomic E-state index is 0.114. The molecule has 0 bridgehead atoms. The summed E-state index contributed by atoms with van der Waals surface area (Å²) in [5, 5.41) is 14.6. The van der Waals surface area contributed by atoms with Crippen LogP contribution in [0, 0.1) is 0 Å². The highest BCUT2D eigenvalue weighted by molar-refractivity contribution is 6.30. The van der Waals surface area contributed by atoms with E-state index in [0.717, 1.165) is 0 Å². The van der Waals surface area contributed by atoms with Crippen LogP contribution in [0.15, 0.2) is 36.8 Å². The fourth-order valence-electron chi connectivity index (χ4n) is 1.67. The zero-order valence-electron chi connectivity index (χ0n) is 10.8. The Morgan fingerprint density at radius 2 is 2.05 bits per heavy atom. The normalized spacial score (nSPS) is 11.7. The van der Waals surface area contributed by atoms with Gasteiger partial charge in [0.25, 0.3) is 0 Å². The molecule has 0 aliphatic heterocycles. The third-order valence-corrected chi connectivity index (χ3v) is 2.94. The van der Waals surface area contributed by atoms with Crippen LogP contribution in [-0.4, -0.2) is 33.1 Å². The van der Waals surface area contributed by atoms with Gasteiger partial charge in [0.15, 0.2) is 0 Å². The van der Waals surface area contributed by atoms with Crippen LogP contribution >= 0.6 is 11.6 Å². The summed E-state index contributed by atoms with van der Waals surface area (Å²) in [6.45, 7) is 0. The van der Waals surface area contributed by atoms with E-state index >= 15 is 0 Å². The van der Waals surface area contributed by atoms with Crippen molar-refractivity contribution in [3.8, 4) is 0 Å². The first-order valence-electron chi connectivity index (χ1n) is 6.08. The second-order valence-corrected chi connectivity index (χ2v) is 4.71. The number of nitrogens with one attached hydrogen (secondary N) is 3. The van der Waals surface area contributed by atoms with E-state index in [-0.39, 0.29) is 6.42 Å². The molecule has 2 aromatic rings. The molecule has 0 radical (unpaired) electrons. The molecule has 110 valence electrons. The smallest absolute Gasteiger partial charge is 0.326 e. The Bertz CT molecular complexity index is 613. The largest absolute Gasteiger partial charge is 0.480 e. The summed E-state index contributed by atoms with van der Waals surface area (Å²) in [7, 11) is 0. The number of hydrogen-bond donors (Lipinski definition) is 4. The molecule has 2 rings (SSSR count). The highest BCUT2D eigenvalue weighted by Gasteiger charge is 2.21. The molecule has 21 heavy (non-hydrogen) atoms. The van der Waals surface area contributed by atoms with Gasteiger partial charge in [0.05, 0.1) is 6.33 Å². The number of carboxylic acids is 1. The van der Waals surface area contributed by atoms with Gasteiger partial charge in [0, 0.05) is 29.0 Å². The maximum atomic E-state index is 11.8. The van der Waals surface area contributed by atoms with Gasteiger partial charge >= 0.3 is 12.0 Å². The Morgan fingerprint density at radius 1 is 1.33 bits per heavy atom. The molecule has 1 aromatic carbocycles. The molecule has 1 aromatic heterocycles. The van der Waals surface area contributed by atoms with Crippen LogP contribution in [0.3, 0.4) is 0 Å². The number of rotatable bonds is 5. The molecule has 7 nitrogen and oxygen atoms in total. The second-order valence-electron chi connectivity index (χ2n) is 4.28. The van der Waals surface area contributed by atoms with Crippen molar-refractivity contribution < 1.29 is 14.7 Å². The molecule has 1 atom stereocenters. The number of urea groups is 1. The SMILES string of the molecule is O=C(Nc1ccc(Cl)cc1)N[C@@H](Cc1cnc[nH]1)C(=O)O. The topological polar surface area (TPSA) is 107 Å². The number of amides is 2. The number of halogens is 1. The van der Waals surface area contributed by atoms with E-state index in [2.05, 4.69) is 20.6 Å². The van der Waals surface area contributed by atoms with Gasteiger partial charge in [0.1, 0.15) is 6.04 Å². The molecule has 2 amide bonds. The fourth-order valence-corrected chi connectivity index (χ4v) is 1.80. The first kappa shape index (κ1) is 14.9. The average Bonchev–Trinajstić information content (AvgIpc) is 2.93. The number of carbonyl (C=O) groups is 2. The van der Waals surface area contributed by atoms with Crippen LogP contribution in [0.25, 0.3) is 0 Å². The van der Waals surface area contributed by atoms with Crippen molar-refractivity contribution in [2.24, 2.45) is 0 Å². The predicted octanol–water partition coefficient (Wildman–Crippen LogP) is 1.88. The highest BCUT2D eigenvalue weighted by atomic mass is 35.5. The van der Waals surface area contributed by atoms with Crippen molar-refractivity contribution in [3.05, 3.63) is 47.5 Å². The van der Waals surface area contributed by atoms with Gasteiger partial charge in [-0.1, -0.05) is 11.6 Å². The summed E-state index contributed by atoms with van der Waals surface area (Å²) in [5.74, 6) is -1.13. The van der Waals surface area contributed by atoms with Gasteiger partial charge < -0.3 is 20.7 Å². The van der Waals surface area contributed by atoms with Crippen molar-refractivity contribution in [3.63, 3.8) is 0 Å². The van der Waals surface area contributed by atoms with Crippen molar-refractivity contribution in [2.45, 2.75) is 12.5 Å². The van der Waals surface area contributed by atoms with Crippen LogP contribution in [-0.2, 0) is 11.2 Å². The number of H-pyrrole nitrogens is 1. The predicted molar refractivity (Wildman–Crippen MR) is 77.3 cm³/mol. The van der Waals surface area contributed by atoms with E-state index < -0.39 is 18.0 Å². The maximum absolute atomic E-state index is 11.8. The molecule has 0 fully saturated rings. The van der Waals surface area contributed by atoms with Gasteiger partial charge in [-0.2, -0.15) is 0 Å². The number of aliphatic carboxylic acids is 1. The Balaban J connectivity index is 1.95. The van der Waals surface area contributed by atoms with Crippen molar-refractivity contribution >= 4 is 29.3 Å². The lowest BCUT2D eigenvalue weighted by molar-refractivity contribution is -0.139. The van der Waals surface area contributed by atoms with Gasteiger partial charge in [-0.25, -0.2) is 14.6 Å². The minimum Gasteiger partial charge on any atom is -0.480 e. The Morgan fingerprint density at radius 3 is 2.62 bits per heavy atom.